The Morgan fingerprint density at radius 1 is 1.41 bits per heavy atom. The number of rotatable bonds is 2. The zero-order valence-corrected chi connectivity index (χ0v) is 9.89. The maximum atomic E-state index is 10.9. The predicted octanol–water partition coefficient (Wildman–Crippen LogP) is 2.79. The lowest BCUT2D eigenvalue weighted by molar-refractivity contribution is -0.386. The highest BCUT2D eigenvalue weighted by Crippen LogP contribution is 2.42. The first-order valence-electron chi connectivity index (χ1n) is 5.18. The minimum atomic E-state index is -0.551. The normalized spacial score (nSPS) is 15.9. The van der Waals surface area contributed by atoms with E-state index >= 15 is 0 Å². The summed E-state index contributed by atoms with van der Waals surface area (Å²) in [5.41, 5.74) is 0.0173. The number of nitro benzene ring substituents is 1. The number of fused-ring (bicyclic) bond motifs is 1. The Balaban J connectivity index is 2.65. The lowest BCUT2D eigenvalue weighted by Crippen LogP contribution is -2.28. The monoisotopic (exact) mass is 235 g/mol. The highest BCUT2D eigenvalue weighted by molar-refractivity contribution is 5.72. The summed E-state index contributed by atoms with van der Waals surface area (Å²) in [4.78, 5) is 10.5. The van der Waals surface area contributed by atoms with E-state index in [1.807, 2.05) is 19.9 Å². The second-order valence-corrected chi connectivity index (χ2v) is 4.33. The van der Waals surface area contributed by atoms with Crippen LogP contribution in [0.15, 0.2) is 18.2 Å². The molecule has 0 spiro atoms. The molecule has 17 heavy (non-hydrogen) atoms. The van der Waals surface area contributed by atoms with Crippen LogP contribution in [0.2, 0.25) is 0 Å². The van der Waals surface area contributed by atoms with Crippen molar-refractivity contribution in [3.05, 3.63) is 33.9 Å². The largest absolute Gasteiger partial charge is 0.496 e. The van der Waals surface area contributed by atoms with Crippen LogP contribution in [-0.4, -0.2) is 17.6 Å². The summed E-state index contributed by atoms with van der Waals surface area (Å²) in [6.07, 6.45) is 3.65. The molecule has 0 fully saturated rings. The van der Waals surface area contributed by atoms with E-state index in [-0.39, 0.29) is 11.4 Å². The van der Waals surface area contributed by atoms with Crippen molar-refractivity contribution in [1.82, 2.24) is 0 Å². The van der Waals surface area contributed by atoms with Crippen molar-refractivity contribution in [2.24, 2.45) is 0 Å². The maximum absolute atomic E-state index is 10.9. The van der Waals surface area contributed by atoms with Crippen molar-refractivity contribution >= 4 is 11.8 Å². The summed E-state index contributed by atoms with van der Waals surface area (Å²) < 4.78 is 10.8. The average Bonchev–Trinajstić information content (AvgIpc) is 2.25. The summed E-state index contributed by atoms with van der Waals surface area (Å²) in [6.45, 7) is 3.69. The van der Waals surface area contributed by atoms with Crippen LogP contribution >= 0.6 is 0 Å². The van der Waals surface area contributed by atoms with Crippen LogP contribution in [0.3, 0.4) is 0 Å². The molecular formula is C12H13NO4. The minimum Gasteiger partial charge on any atom is -0.496 e. The van der Waals surface area contributed by atoms with Crippen LogP contribution in [0.25, 0.3) is 6.08 Å². The third-order valence-corrected chi connectivity index (χ3v) is 2.57. The lowest BCUT2D eigenvalue weighted by atomic mass is 10.0. The molecule has 0 N–H and O–H groups in total. The van der Waals surface area contributed by atoms with Gasteiger partial charge in [-0.15, -0.1) is 0 Å². The van der Waals surface area contributed by atoms with Gasteiger partial charge in [-0.05, 0) is 32.1 Å². The van der Waals surface area contributed by atoms with Crippen LogP contribution in [0.5, 0.6) is 11.5 Å². The van der Waals surface area contributed by atoms with Gasteiger partial charge in [0.05, 0.1) is 17.6 Å². The number of hydrogen-bond donors (Lipinski definition) is 0. The molecule has 1 aromatic carbocycles. The Labute approximate surface area is 98.8 Å². The number of methoxy groups -OCH3 is 1. The quantitative estimate of drug-likeness (QED) is 0.584. The van der Waals surface area contributed by atoms with Crippen LogP contribution < -0.4 is 9.47 Å². The zero-order valence-electron chi connectivity index (χ0n) is 9.89. The third kappa shape index (κ3) is 1.95. The Morgan fingerprint density at radius 2 is 2.12 bits per heavy atom. The van der Waals surface area contributed by atoms with E-state index in [1.165, 1.54) is 13.2 Å². The highest BCUT2D eigenvalue weighted by Gasteiger charge is 2.30. The molecule has 0 amide bonds. The first-order chi connectivity index (χ1) is 7.94. The average molecular weight is 235 g/mol. The van der Waals surface area contributed by atoms with E-state index in [2.05, 4.69) is 0 Å². The molecule has 0 radical (unpaired) electrons. The molecule has 5 nitrogen and oxygen atoms in total. The molecule has 0 saturated carbocycles. The van der Waals surface area contributed by atoms with Gasteiger partial charge in [0.2, 0.25) is 5.75 Å². The molecule has 0 unspecified atom stereocenters. The topological polar surface area (TPSA) is 61.6 Å². The fourth-order valence-corrected chi connectivity index (χ4v) is 1.74. The summed E-state index contributed by atoms with van der Waals surface area (Å²) in [5, 5.41) is 10.9. The van der Waals surface area contributed by atoms with Crippen molar-refractivity contribution in [2.75, 3.05) is 7.11 Å². The first kappa shape index (κ1) is 11.4. The summed E-state index contributed by atoms with van der Waals surface area (Å²) in [6, 6.07) is 2.97. The lowest BCUT2D eigenvalue weighted by Gasteiger charge is -2.28. The van der Waals surface area contributed by atoms with Gasteiger partial charge in [-0.1, -0.05) is 0 Å². The number of hydrogen-bond acceptors (Lipinski definition) is 4. The molecule has 5 heteroatoms. The van der Waals surface area contributed by atoms with Crippen LogP contribution in [0, 0.1) is 10.1 Å². The van der Waals surface area contributed by atoms with Gasteiger partial charge in [0.25, 0.3) is 0 Å². The number of nitrogens with zero attached hydrogens (tertiary/aromatic N) is 1. The SMILES string of the molecule is COc1ccc([N+](=O)[O-])c2c1C=CC(C)(C)O2. The first-order valence-corrected chi connectivity index (χ1v) is 5.18. The summed E-state index contributed by atoms with van der Waals surface area (Å²) in [7, 11) is 1.52. The van der Waals surface area contributed by atoms with Crippen LogP contribution in [-0.2, 0) is 0 Å². The van der Waals surface area contributed by atoms with Crippen molar-refractivity contribution in [2.45, 2.75) is 19.4 Å². The van der Waals surface area contributed by atoms with E-state index in [0.717, 1.165) is 0 Å². The van der Waals surface area contributed by atoms with Gasteiger partial charge in [-0.25, -0.2) is 0 Å². The Kier molecular flexibility index (Phi) is 2.53. The third-order valence-electron chi connectivity index (χ3n) is 2.57. The second-order valence-electron chi connectivity index (χ2n) is 4.33. The molecular weight excluding hydrogens is 222 g/mol. The number of ether oxygens (including phenoxy) is 2. The Bertz CT molecular complexity index is 505. The van der Waals surface area contributed by atoms with Gasteiger partial charge in [-0.2, -0.15) is 0 Å². The number of nitro groups is 1. The fraction of sp³-hybridized carbons (Fsp3) is 0.333. The zero-order chi connectivity index (χ0) is 12.6. The van der Waals surface area contributed by atoms with Gasteiger partial charge in [-0.3, -0.25) is 10.1 Å². The fourth-order valence-electron chi connectivity index (χ4n) is 1.74. The maximum Gasteiger partial charge on any atom is 0.311 e. The molecule has 0 saturated heterocycles. The van der Waals surface area contributed by atoms with Crippen molar-refractivity contribution in [3.63, 3.8) is 0 Å². The molecule has 1 aliphatic heterocycles. The predicted molar refractivity (Wildman–Crippen MR) is 63.4 cm³/mol. The second kappa shape index (κ2) is 3.76. The molecule has 0 aliphatic carbocycles. The van der Waals surface area contributed by atoms with E-state index < -0.39 is 10.5 Å². The van der Waals surface area contributed by atoms with Crippen LogP contribution in [0.1, 0.15) is 19.4 Å². The standard InChI is InChI=1S/C12H13NO4/c1-12(2)7-6-8-10(16-3)5-4-9(13(14)15)11(8)17-12/h4-7H,1-3H3. The van der Waals surface area contributed by atoms with E-state index in [9.17, 15) is 10.1 Å². The van der Waals surface area contributed by atoms with Gasteiger partial charge >= 0.3 is 5.69 Å². The molecule has 1 aromatic rings. The highest BCUT2D eigenvalue weighted by atomic mass is 16.6. The summed E-state index contributed by atoms with van der Waals surface area (Å²) in [5.74, 6) is 0.833. The molecule has 0 bridgehead atoms. The van der Waals surface area contributed by atoms with Crippen molar-refractivity contribution in [1.29, 1.82) is 0 Å². The van der Waals surface area contributed by atoms with E-state index in [0.29, 0.717) is 11.3 Å². The molecule has 1 heterocycles. The molecule has 2 rings (SSSR count). The van der Waals surface area contributed by atoms with E-state index in [4.69, 9.17) is 9.47 Å². The van der Waals surface area contributed by atoms with E-state index in [1.54, 1.807) is 12.1 Å². The van der Waals surface area contributed by atoms with Crippen molar-refractivity contribution in [3.8, 4) is 11.5 Å². The molecule has 90 valence electrons. The van der Waals surface area contributed by atoms with Gasteiger partial charge in [0.1, 0.15) is 11.4 Å². The molecule has 0 aromatic heterocycles. The van der Waals surface area contributed by atoms with Crippen molar-refractivity contribution < 1.29 is 14.4 Å². The molecule has 0 atom stereocenters. The van der Waals surface area contributed by atoms with Crippen LogP contribution in [0.4, 0.5) is 5.69 Å². The van der Waals surface area contributed by atoms with Gasteiger partial charge in [0, 0.05) is 6.07 Å². The Hall–Kier alpha value is -2.04. The minimum absolute atomic E-state index is 0.0433. The summed E-state index contributed by atoms with van der Waals surface area (Å²) >= 11 is 0. The van der Waals surface area contributed by atoms with Gasteiger partial charge < -0.3 is 9.47 Å². The van der Waals surface area contributed by atoms with Gasteiger partial charge in [0.15, 0.2) is 0 Å². The number of benzene rings is 1. The molecule has 1 aliphatic rings. The Morgan fingerprint density at radius 3 is 2.71 bits per heavy atom. The smallest absolute Gasteiger partial charge is 0.311 e.